The van der Waals surface area contributed by atoms with Crippen molar-refractivity contribution in [3.63, 3.8) is 0 Å². The second kappa shape index (κ2) is 8.94. The van der Waals surface area contributed by atoms with Gasteiger partial charge in [-0.2, -0.15) is 9.90 Å². The predicted octanol–water partition coefficient (Wildman–Crippen LogP) is 5.90. The normalized spacial score (nSPS) is 11.2. The molecule has 0 saturated carbocycles. The highest BCUT2D eigenvalue weighted by Gasteiger charge is 2.23. The molecule has 0 aliphatic rings. The standard InChI is InChI=1S/C23H16Cl3N7/c1-14-21(23-28-31-32(30-23)13-15-3-2-10-27-12-15)29-33(20-9-8-18(25)11-19(20)26)22(14)16-4-6-17(24)7-5-16/h2-12H,13H2,1H3. The van der Waals surface area contributed by atoms with Gasteiger partial charge < -0.3 is 0 Å². The zero-order valence-electron chi connectivity index (χ0n) is 17.3. The minimum Gasteiger partial charge on any atom is -0.264 e. The Bertz CT molecular complexity index is 1430. The van der Waals surface area contributed by atoms with E-state index >= 15 is 0 Å². The molecule has 0 N–H and O–H groups in total. The van der Waals surface area contributed by atoms with Crippen molar-refractivity contribution in [3.8, 4) is 28.5 Å². The summed E-state index contributed by atoms with van der Waals surface area (Å²) in [6.07, 6.45) is 3.49. The smallest absolute Gasteiger partial charge is 0.225 e. The Hall–Kier alpha value is -3.26. The Labute approximate surface area is 204 Å². The average Bonchev–Trinajstić information content (AvgIpc) is 3.39. The maximum Gasteiger partial charge on any atom is 0.225 e. The van der Waals surface area contributed by atoms with Gasteiger partial charge in [0.1, 0.15) is 5.69 Å². The SMILES string of the molecule is Cc1c(-c2nnn(Cc3cccnc3)n2)nn(-c2ccc(Cl)cc2Cl)c1-c1ccc(Cl)cc1. The van der Waals surface area contributed by atoms with Gasteiger partial charge in [0, 0.05) is 33.6 Å². The van der Waals surface area contributed by atoms with Gasteiger partial charge in [-0.3, -0.25) is 4.98 Å². The first-order valence-corrected chi connectivity index (χ1v) is 11.1. The third kappa shape index (κ3) is 4.35. The predicted molar refractivity (Wildman–Crippen MR) is 129 cm³/mol. The van der Waals surface area contributed by atoms with Crippen LogP contribution >= 0.6 is 34.8 Å². The van der Waals surface area contributed by atoms with Crippen molar-refractivity contribution in [1.29, 1.82) is 0 Å². The van der Waals surface area contributed by atoms with E-state index in [1.807, 2.05) is 49.4 Å². The summed E-state index contributed by atoms with van der Waals surface area (Å²) in [5.74, 6) is 0.412. The molecular formula is C23H16Cl3N7. The van der Waals surface area contributed by atoms with Gasteiger partial charge in [0.05, 0.1) is 22.9 Å². The molecule has 2 aromatic carbocycles. The van der Waals surface area contributed by atoms with Gasteiger partial charge in [0.25, 0.3) is 0 Å². The number of pyridine rings is 1. The van der Waals surface area contributed by atoms with Crippen molar-refractivity contribution in [2.45, 2.75) is 13.5 Å². The summed E-state index contributed by atoms with van der Waals surface area (Å²) in [6.45, 7) is 2.42. The molecule has 0 radical (unpaired) electrons. The molecule has 0 saturated heterocycles. The van der Waals surface area contributed by atoms with Crippen molar-refractivity contribution >= 4 is 34.8 Å². The van der Waals surface area contributed by atoms with Crippen LogP contribution in [0, 0.1) is 6.92 Å². The fourth-order valence-corrected chi connectivity index (χ4v) is 4.16. The largest absolute Gasteiger partial charge is 0.264 e. The van der Waals surface area contributed by atoms with Crippen LogP contribution in [0.1, 0.15) is 11.1 Å². The lowest BCUT2D eigenvalue weighted by atomic mass is 10.1. The first-order chi connectivity index (χ1) is 16.0. The number of halogens is 3. The Morgan fingerprint density at radius 2 is 1.70 bits per heavy atom. The summed E-state index contributed by atoms with van der Waals surface area (Å²) in [6, 6.07) is 16.6. The molecule has 0 aliphatic carbocycles. The van der Waals surface area contributed by atoms with E-state index in [1.54, 1.807) is 29.2 Å². The summed E-state index contributed by atoms with van der Waals surface area (Å²) in [5.41, 5.74) is 4.90. The first kappa shape index (κ1) is 21.6. The summed E-state index contributed by atoms with van der Waals surface area (Å²) >= 11 is 18.8. The van der Waals surface area contributed by atoms with Gasteiger partial charge in [-0.15, -0.1) is 10.2 Å². The molecule has 164 valence electrons. The molecule has 3 aromatic heterocycles. The average molecular weight is 497 g/mol. The molecule has 0 atom stereocenters. The fraction of sp³-hybridized carbons (Fsp3) is 0.0870. The molecule has 7 nitrogen and oxygen atoms in total. The van der Waals surface area contributed by atoms with Crippen LogP contribution in [0.2, 0.25) is 15.1 Å². The van der Waals surface area contributed by atoms with Crippen LogP contribution in [0.5, 0.6) is 0 Å². The summed E-state index contributed by atoms with van der Waals surface area (Å²) in [5, 5.41) is 19.5. The number of tetrazole rings is 1. The maximum atomic E-state index is 6.53. The molecule has 0 spiro atoms. The van der Waals surface area contributed by atoms with E-state index in [2.05, 4.69) is 20.4 Å². The number of aromatic nitrogens is 7. The molecule has 0 unspecified atom stereocenters. The van der Waals surface area contributed by atoms with Gasteiger partial charge >= 0.3 is 0 Å². The zero-order valence-corrected chi connectivity index (χ0v) is 19.6. The first-order valence-electron chi connectivity index (χ1n) is 9.97. The molecule has 0 bridgehead atoms. The Balaban J connectivity index is 1.63. The van der Waals surface area contributed by atoms with Crippen molar-refractivity contribution in [3.05, 3.63) is 93.2 Å². The Morgan fingerprint density at radius 3 is 2.42 bits per heavy atom. The second-order valence-electron chi connectivity index (χ2n) is 7.34. The van der Waals surface area contributed by atoms with Crippen molar-refractivity contribution in [2.75, 3.05) is 0 Å². The highest BCUT2D eigenvalue weighted by Crippen LogP contribution is 2.35. The highest BCUT2D eigenvalue weighted by molar-refractivity contribution is 6.35. The van der Waals surface area contributed by atoms with Gasteiger partial charge in [-0.1, -0.05) is 53.0 Å². The third-order valence-electron chi connectivity index (χ3n) is 5.09. The molecule has 0 fully saturated rings. The number of hydrogen-bond acceptors (Lipinski definition) is 5. The third-order valence-corrected chi connectivity index (χ3v) is 5.88. The van der Waals surface area contributed by atoms with Crippen LogP contribution in [0.3, 0.4) is 0 Å². The minimum atomic E-state index is 0.412. The van der Waals surface area contributed by atoms with E-state index in [1.165, 1.54) is 4.80 Å². The molecule has 0 aliphatic heterocycles. The fourth-order valence-electron chi connectivity index (χ4n) is 3.54. The van der Waals surface area contributed by atoms with Gasteiger partial charge in [-0.25, -0.2) is 4.68 Å². The molecule has 10 heteroatoms. The Kier molecular flexibility index (Phi) is 5.85. The number of benzene rings is 2. The molecule has 5 aromatic rings. The van der Waals surface area contributed by atoms with Crippen LogP contribution in [-0.2, 0) is 6.54 Å². The van der Waals surface area contributed by atoms with Crippen LogP contribution in [0.25, 0.3) is 28.5 Å². The molecule has 5 rings (SSSR count). The lowest BCUT2D eigenvalue weighted by Crippen LogP contribution is -2.04. The zero-order chi connectivity index (χ0) is 22.9. The minimum absolute atomic E-state index is 0.412. The van der Waals surface area contributed by atoms with Crippen molar-refractivity contribution in [1.82, 2.24) is 35.0 Å². The van der Waals surface area contributed by atoms with Gasteiger partial charge in [0.15, 0.2) is 0 Å². The number of nitrogens with zero attached hydrogens (tertiary/aromatic N) is 7. The van der Waals surface area contributed by atoms with Gasteiger partial charge in [0.2, 0.25) is 5.82 Å². The molecular weight excluding hydrogens is 481 g/mol. The van der Waals surface area contributed by atoms with Crippen LogP contribution < -0.4 is 0 Å². The lowest BCUT2D eigenvalue weighted by molar-refractivity contribution is 0.571. The van der Waals surface area contributed by atoms with Gasteiger partial charge in [-0.05, 0) is 54.1 Å². The summed E-state index contributed by atoms with van der Waals surface area (Å²) in [7, 11) is 0. The summed E-state index contributed by atoms with van der Waals surface area (Å²) in [4.78, 5) is 5.64. The monoisotopic (exact) mass is 495 g/mol. The Morgan fingerprint density at radius 1 is 0.909 bits per heavy atom. The van der Waals surface area contributed by atoms with E-state index in [0.717, 1.165) is 22.4 Å². The molecule has 3 heterocycles. The topological polar surface area (TPSA) is 74.3 Å². The number of rotatable bonds is 5. The van der Waals surface area contributed by atoms with Crippen molar-refractivity contribution in [2.24, 2.45) is 0 Å². The van der Waals surface area contributed by atoms with Crippen molar-refractivity contribution < 1.29 is 0 Å². The molecule has 33 heavy (non-hydrogen) atoms. The summed E-state index contributed by atoms with van der Waals surface area (Å²) < 4.78 is 1.77. The van der Waals surface area contributed by atoms with E-state index in [9.17, 15) is 0 Å². The number of hydrogen-bond donors (Lipinski definition) is 0. The quantitative estimate of drug-likeness (QED) is 0.303. The van der Waals surface area contributed by atoms with E-state index in [0.29, 0.717) is 38.8 Å². The van der Waals surface area contributed by atoms with E-state index in [4.69, 9.17) is 39.9 Å². The van der Waals surface area contributed by atoms with E-state index in [-0.39, 0.29) is 0 Å². The van der Waals surface area contributed by atoms with E-state index < -0.39 is 0 Å². The van der Waals surface area contributed by atoms with Crippen LogP contribution in [0.4, 0.5) is 0 Å². The van der Waals surface area contributed by atoms with Crippen LogP contribution in [0.15, 0.2) is 67.0 Å². The molecule has 0 amide bonds. The highest BCUT2D eigenvalue weighted by atomic mass is 35.5. The second-order valence-corrected chi connectivity index (χ2v) is 8.62. The van der Waals surface area contributed by atoms with Crippen LogP contribution in [-0.4, -0.2) is 35.0 Å². The maximum absolute atomic E-state index is 6.53. The lowest BCUT2D eigenvalue weighted by Gasteiger charge is -2.11.